The fraction of sp³-hybridized carbons (Fsp3) is 0.0882. The van der Waals surface area contributed by atoms with E-state index in [4.69, 9.17) is 4.42 Å². The van der Waals surface area contributed by atoms with E-state index < -0.39 is 0 Å². The third-order valence-corrected chi connectivity index (χ3v) is 6.66. The Balaban J connectivity index is 0.000000175. The Morgan fingerprint density at radius 3 is 2.38 bits per heavy atom. The molecular weight excluding hydrogens is 673 g/mol. The van der Waals surface area contributed by atoms with Crippen LogP contribution in [0.3, 0.4) is 0 Å². The first-order chi connectivity index (χ1) is 19.0. The van der Waals surface area contributed by atoms with Crippen molar-refractivity contribution >= 4 is 39.5 Å². The van der Waals surface area contributed by atoms with Gasteiger partial charge in [0.05, 0.1) is 0 Å². The molecule has 0 N–H and O–H groups in total. The van der Waals surface area contributed by atoms with Gasteiger partial charge in [-0.25, -0.2) is 4.98 Å². The zero-order valence-corrected chi connectivity index (χ0v) is 24.7. The molecule has 0 aliphatic carbocycles. The predicted molar refractivity (Wildman–Crippen MR) is 154 cm³/mol. The molecule has 4 heterocycles. The van der Waals surface area contributed by atoms with Crippen LogP contribution >= 0.6 is 0 Å². The van der Waals surface area contributed by atoms with E-state index >= 15 is 0 Å². The normalized spacial score (nSPS) is 12.0. The van der Waals surface area contributed by atoms with Crippen molar-refractivity contribution in [2.24, 2.45) is 0 Å². The Bertz CT molecular complexity index is 1920. The Hall–Kier alpha value is -4.47. The third-order valence-electron chi connectivity index (χ3n) is 6.66. The third kappa shape index (κ3) is 5.61. The first kappa shape index (κ1) is 27.1. The molecule has 1 radical (unpaired) electrons. The van der Waals surface area contributed by atoms with Crippen LogP contribution in [0.5, 0.6) is 0 Å². The van der Waals surface area contributed by atoms with Crippen LogP contribution in [0.1, 0.15) is 16.7 Å². The number of hydrogen-bond acceptors (Lipinski definition) is 3. The summed E-state index contributed by atoms with van der Waals surface area (Å²) in [7, 11) is 0. The van der Waals surface area contributed by atoms with Crippen LogP contribution in [0.4, 0.5) is 11.4 Å². The number of benzene rings is 3. The number of aryl methyl sites for hydroxylation is 3. The molecular formula is C34H26IrN4O. The molecule has 0 unspecified atom stereocenters. The van der Waals surface area contributed by atoms with Gasteiger partial charge in [-0.15, -0.1) is 41.5 Å². The zero-order valence-electron chi connectivity index (χ0n) is 22.3. The molecule has 6 aromatic rings. The van der Waals surface area contributed by atoms with Crippen LogP contribution in [0.25, 0.3) is 33.3 Å². The maximum absolute atomic E-state index is 5.84. The summed E-state index contributed by atoms with van der Waals surface area (Å²) >= 11 is 0. The number of para-hydroxylation sites is 1. The first-order valence-electron chi connectivity index (χ1n) is 12.7. The van der Waals surface area contributed by atoms with Crippen molar-refractivity contribution in [2.75, 3.05) is 0 Å². The second-order valence-electron chi connectivity index (χ2n) is 9.46. The number of aromatic nitrogens is 2. The SMILES string of the molecule is C1=[N+](c2[c-]cc3c(c2)oc2ncccc23)C=C[N+]=1c1ccccc1.Cc1c[c-]c(-c2cc(C)c(C)cn2)cc1.[Ir]. The fourth-order valence-corrected chi connectivity index (χ4v) is 4.29. The van der Waals surface area contributed by atoms with Crippen LogP contribution in [0.2, 0.25) is 0 Å². The Kier molecular flexibility index (Phi) is 7.95. The van der Waals surface area contributed by atoms with Gasteiger partial charge in [0.1, 0.15) is 5.69 Å². The van der Waals surface area contributed by atoms with Crippen LogP contribution in [0.15, 0.2) is 108 Å². The molecule has 0 fully saturated rings. The van der Waals surface area contributed by atoms with Gasteiger partial charge in [-0.05, 0) is 36.6 Å². The molecule has 197 valence electrons. The van der Waals surface area contributed by atoms with Crippen molar-refractivity contribution in [3.8, 4) is 11.3 Å². The van der Waals surface area contributed by atoms with Crippen molar-refractivity contribution in [2.45, 2.75) is 20.8 Å². The molecule has 3 aromatic heterocycles. The molecule has 0 spiro atoms. The molecule has 6 heteroatoms. The summed E-state index contributed by atoms with van der Waals surface area (Å²) in [5.74, 6) is 0. The van der Waals surface area contributed by atoms with Crippen LogP contribution < -0.4 is 0 Å². The van der Waals surface area contributed by atoms with Gasteiger partial charge in [0.15, 0.2) is 0 Å². The fourth-order valence-electron chi connectivity index (χ4n) is 4.29. The number of fused-ring (bicyclic) bond motifs is 3. The van der Waals surface area contributed by atoms with Crippen molar-refractivity contribution in [1.29, 1.82) is 0 Å². The minimum Gasteiger partial charge on any atom is -0.465 e. The van der Waals surface area contributed by atoms with Crippen LogP contribution in [0, 0.1) is 32.9 Å². The second-order valence-corrected chi connectivity index (χ2v) is 9.46. The number of hydrogen-bond donors (Lipinski definition) is 0. The number of pyridine rings is 2. The minimum absolute atomic E-state index is 0. The second kappa shape index (κ2) is 11.7. The van der Waals surface area contributed by atoms with Crippen molar-refractivity contribution in [1.82, 2.24) is 9.97 Å². The molecule has 7 rings (SSSR count). The van der Waals surface area contributed by atoms with Crippen molar-refractivity contribution < 1.29 is 33.7 Å². The first-order valence-corrected chi connectivity index (χ1v) is 12.7. The molecule has 40 heavy (non-hydrogen) atoms. The summed E-state index contributed by atoms with van der Waals surface area (Å²) in [6.07, 6.45) is 7.56. The van der Waals surface area contributed by atoms with E-state index in [1.165, 1.54) is 16.7 Å². The van der Waals surface area contributed by atoms with Gasteiger partial charge in [-0.2, -0.15) is 6.07 Å². The van der Waals surface area contributed by atoms with E-state index in [-0.39, 0.29) is 20.1 Å². The minimum atomic E-state index is 0. The molecule has 5 nitrogen and oxygen atoms in total. The number of furan rings is 1. The molecule has 0 saturated carbocycles. The standard InChI is InChI=1S/C20H12N3O.C14H14N.Ir/c1-2-5-15(6-3-1)22-11-12-23(14-22)16-8-9-17-18-7-4-10-21-20(18)24-19(17)13-16;1-10-4-6-13(7-5-10)14-8-11(2)12(3)9-15-14;/h1-7,9-13H;4-6,8-9H,1-3H3;/q+1;-1;. The summed E-state index contributed by atoms with van der Waals surface area (Å²) in [6.45, 7) is 6.24. The summed E-state index contributed by atoms with van der Waals surface area (Å²) in [6, 6.07) is 36.0. The predicted octanol–water partition coefficient (Wildman–Crippen LogP) is 7.90. The summed E-state index contributed by atoms with van der Waals surface area (Å²) in [4.78, 5) is 8.67. The molecule has 3 aromatic carbocycles. The average molecular weight is 699 g/mol. The van der Waals surface area contributed by atoms with Gasteiger partial charge in [-0.1, -0.05) is 63.4 Å². The summed E-state index contributed by atoms with van der Waals surface area (Å²) in [5.41, 5.74) is 9.16. The smallest absolute Gasteiger partial charge is 0.465 e. The van der Waals surface area contributed by atoms with Gasteiger partial charge in [0.25, 0.3) is 12.4 Å². The Labute approximate surface area is 246 Å². The number of nitrogens with zero attached hydrogens (tertiary/aromatic N) is 4. The van der Waals surface area contributed by atoms with Gasteiger partial charge in [-0.3, -0.25) is 0 Å². The van der Waals surface area contributed by atoms with E-state index in [1.54, 1.807) is 6.20 Å². The molecule has 1 aliphatic heterocycles. The van der Waals surface area contributed by atoms with E-state index in [1.807, 2.05) is 88.4 Å². The quantitative estimate of drug-likeness (QED) is 0.140. The molecule has 0 bridgehead atoms. The van der Waals surface area contributed by atoms with Crippen LogP contribution in [-0.4, -0.2) is 25.1 Å². The van der Waals surface area contributed by atoms with E-state index in [2.05, 4.69) is 67.1 Å². The largest absolute Gasteiger partial charge is 0.499 e. The average Bonchev–Trinajstić information content (AvgIpc) is 3.61. The van der Waals surface area contributed by atoms with Crippen molar-refractivity contribution in [3.63, 3.8) is 0 Å². The van der Waals surface area contributed by atoms with Gasteiger partial charge in [0.2, 0.25) is 11.4 Å². The van der Waals surface area contributed by atoms with Crippen LogP contribution in [-0.2, 0) is 20.1 Å². The number of rotatable bonds is 3. The zero-order chi connectivity index (χ0) is 26.8. The van der Waals surface area contributed by atoms with Gasteiger partial charge < -0.3 is 9.40 Å². The molecule has 0 amide bonds. The maximum atomic E-state index is 5.84. The van der Waals surface area contributed by atoms with Gasteiger partial charge in [0, 0.05) is 50.2 Å². The topological polar surface area (TPSA) is 44.9 Å². The summed E-state index contributed by atoms with van der Waals surface area (Å²) < 4.78 is 9.68. The molecule has 1 aliphatic rings. The Morgan fingerprint density at radius 2 is 1.60 bits per heavy atom. The maximum Gasteiger partial charge on any atom is 0.499 e. The molecule has 0 saturated heterocycles. The van der Waals surface area contributed by atoms with Crippen molar-refractivity contribution in [3.05, 3.63) is 132 Å². The monoisotopic (exact) mass is 699 g/mol. The van der Waals surface area contributed by atoms with E-state index in [9.17, 15) is 0 Å². The van der Waals surface area contributed by atoms with E-state index in [0.29, 0.717) is 5.71 Å². The van der Waals surface area contributed by atoms with E-state index in [0.717, 1.165) is 39.0 Å². The summed E-state index contributed by atoms with van der Waals surface area (Å²) in [5, 5.41) is 2.02. The Morgan fingerprint density at radius 1 is 0.775 bits per heavy atom. The molecule has 0 atom stereocenters. The van der Waals surface area contributed by atoms with Gasteiger partial charge >= 0.3 is 6.01 Å².